The predicted molar refractivity (Wildman–Crippen MR) is 88.0 cm³/mol. The van der Waals surface area contributed by atoms with Crippen molar-refractivity contribution in [1.82, 2.24) is 15.1 Å². The van der Waals surface area contributed by atoms with E-state index in [1.807, 2.05) is 33.8 Å². The van der Waals surface area contributed by atoms with Crippen LogP contribution in [0.3, 0.4) is 0 Å². The molecule has 0 aliphatic rings. The van der Waals surface area contributed by atoms with E-state index in [1.54, 1.807) is 0 Å². The number of nitrogens with two attached hydrogens (primary N) is 1. The van der Waals surface area contributed by atoms with Gasteiger partial charge >= 0.3 is 0 Å². The Hall–Kier alpha value is -2.57. The van der Waals surface area contributed by atoms with Gasteiger partial charge in [-0.3, -0.25) is 9.59 Å². The topological polar surface area (TPSA) is 103 Å². The van der Waals surface area contributed by atoms with Gasteiger partial charge < -0.3 is 15.5 Å². The maximum atomic E-state index is 12.1. The Morgan fingerprint density at radius 2 is 2.13 bits per heavy atom. The van der Waals surface area contributed by atoms with E-state index in [0.717, 1.165) is 22.4 Å². The smallest absolute Gasteiger partial charge is 0.290 e. The van der Waals surface area contributed by atoms with E-state index in [2.05, 4.69) is 10.4 Å². The molecule has 0 fully saturated rings. The van der Waals surface area contributed by atoms with Crippen LogP contribution in [-0.2, 0) is 11.3 Å². The van der Waals surface area contributed by atoms with Crippen molar-refractivity contribution in [2.24, 2.45) is 0 Å². The van der Waals surface area contributed by atoms with Crippen molar-refractivity contribution in [3.63, 3.8) is 0 Å². The van der Waals surface area contributed by atoms with Gasteiger partial charge in [-0.15, -0.1) is 0 Å². The molecule has 2 aromatic rings. The average Bonchev–Trinajstić information content (AvgIpc) is 2.82. The third-order valence-corrected chi connectivity index (χ3v) is 3.63. The molecule has 0 aromatic carbocycles. The number of amides is 1. The number of nitrogen functional groups attached to an aromatic ring is 1. The molecule has 124 valence electrons. The Morgan fingerprint density at radius 3 is 2.70 bits per heavy atom. The number of hydrogen-bond donors (Lipinski definition) is 2. The molecule has 0 radical (unpaired) electrons. The second-order valence-corrected chi connectivity index (χ2v) is 5.65. The third-order valence-electron chi connectivity index (χ3n) is 3.63. The Balaban J connectivity index is 2.35. The zero-order chi connectivity index (χ0) is 17.1. The van der Waals surface area contributed by atoms with E-state index in [1.165, 1.54) is 6.07 Å². The van der Waals surface area contributed by atoms with Gasteiger partial charge in [0.2, 0.25) is 5.91 Å². The average molecular weight is 318 g/mol. The Labute approximate surface area is 134 Å². The molecule has 0 unspecified atom stereocenters. The van der Waals surface area contributed by atoms with Gasteiger partial charge in [-0.1, -0.05) is 6.92 Å². The van der Waals surface area contributed by atoms with Crippen LogP contribution in [0.1, 0.15) is 31.8 Å². The summed E-state index contributed by atoms with van der Waals surface area (Å²) in [5.74, 6) is 1.15. The van der Waals surface area contributed by atoms with E-state index in [0.29, 0.717) is 11.5 Å². The minimum absolute atomic E-state index is 0.0394. The summed E-state index contributed by atoms with van der Waals surface area (Å²) in [5.41, 5.74) is 6.61. The molecule has 0 spiro atoms. The van der Waals surface area contributed by atoms with Gasteiger partial charge in [0.25, 0.3) is 5.56 Å². The molecule has 3 N–H and O–H groups in total. The normalized spacial score (nSPS) is 12.2. The highest BCUT2D eigenvalue weighted by atomic mass is 16.3. The SMILES string of the molecule is CC[C@H](C)NC(=O)Cn1nc(-c2cc(C)oc2C)cc(N)c1=O. The monoisotopic (exact) mass is 318 g/mol. The minimum Gasteiger partial charge on any atom is -0.466 e. The number of aryl methyl sites for hydroxylation is 2. The van der Waals surface area contributed by atoms with Crippen molar-refractivity contribution >= 4 is 11.6 Å². The second-order valence-electron chi connectivity index (χ2n) is 5.65. The summed E-state index contributed by atoms with van der Waals surface area (Å²) >= 11 is 0. The van der Waals surface area contributed by atoms with Gasteiger partial charge in [-0.2, -0.15) is 5.10 Å². The summed E-state index contributed by atoms with van der Waals surface area (Å²) in [4.78, 5) is 24.1. The molecule has 0 aliphatic heterocycles. The number of carbonyl (C=O) groups is 1. The number of rotatable bonds is 5. The van der Waals surface area contributed by atoms with Crippen LogP contribution in [0.2, 0.25) is 0 Å². The summed E-state index contributed by atoms with van der Waals surface area (Å²) in [6.07, 6.45) is 0.809. The van der Waals surface area contributed by atoms with Crippen LogP contribution in [0.25, 0.3) is 11.3 Å². The van der Waals surface area contributed by atoms with E-state index >= 15 is 0 Å². The molecule has 2 aromatic heterocycles. The van der Waals surface area contributed by atoms with Crippen LogP contribution in [0, 0.1) is 13.8 Å². The summed E-state index contributed by atoms with van der Waals surface area (Å²) in [6.45, 7) is 7.34. The van der Waals surface area contributed by atoms with Crippen LogP contribution < -0.4 is 16.6 Å². The molecule has 0 aliphatic carbocycles. The first kappa shape index (κ1) is 16.8. The summed E-state index contributed by atoms with van der Waals surface area (Å²) < 4.78 is 6.57. The number of aromatic nitrogens is 2. The lowest BCUT2D eigenvalue weighted by atomic mass is 10.1. The van der Waals surface area contributed by atoms with Crippen LogP contribution in [-0.4, -0.2) is 21.7 Å². The molecule has 7 heteroatoms. The second kappa shape index (κ2) is 6.68. The Kier molecular flexibility index (Phi) is 4.88. The van der Waals surface area contributed by atoms with Crippen molar-refractivity contribution in [2.75, 3.05) is 5.73 Å². The number of hydrogen-bond acceptors (Lipinski definition) is 5. The van der Waals surface area contributed by atoms with Crippen LogP contribution >= 0.6 is 0 Å². The molecule has 2 heterocycles. The van der Waals surface area contributed by atoms with Gasteiger partial charge in [-0.05, 0) is 39.3 Å². The van der Waals surface area contributed by atoms with E-state index in [-0.39, 0.29) is 24.2 Å². The number of carbonyl (C=O) groups excluding carboxylic acids is 1. The fourth-order valence-corrected chi connectivity index (χ4v) is 2.24. The van der Waals surface area contributed by atoms with Gasteiger partial charge in [0.15, 0.2) is 0 Å². The number of furan rings is 1. The quantitative estimate of drug-likeness (QED) is 0.872. The first-order valence-electron chi connectivity index (χ1n) is 7.56. The first-order valence-corrected chi connectivity index (χ1v) is 7.56. The van der Waals surface area contributed by atoms with Crippen LogP contribution in [0.15, 0.2) is 21.3 Å². The maximum Gasteiger partial charge on any atom is 0.290 e. The van der Waals surface area contributed by atoms with Gasteiger partial charge in [-0.25, -0.2) is 4.68 Å². The predicted octanol–water partition coefficient (Wildman–Crippen LogP) is 1.62. The third kappa shape index (κ3) is 3.80. The van der Waals surface area contributed by atoms with Crippen molar-refractivity contribution in [3.05, 3.63) is 34.0 Å². The number of anilines is 1. The fraction of sp³-hybridized carbons (Fsp3) is 0.438. The van der Waals surface area contributed by atoms with Crippen molar-refractivity contribution < 1.29 is 9.21 Å². The zero-order valence-corrected chi connectivity index (χ0v) is 13.8. The highest BCUT2D eigenvalue weighted by Gasteiger charge is 2.15. The van der Waals surface area contributed by atoms with Crippen molar-refractivity contribution in [1.29, 1.82) is 0 Å². The van der Waals surface area contributed by atoms with Crippen molar-refractivity contribution in [2.45, 2.75) is 46.7 Å². The van der Waals surface area contributed by atoms with Crippen molar-refractivity contribution in [3.8, 4) is 11.3 Å². The zero-order valence-electron chi connectivity index (χ0n) is 13.8. The van der Waals surface area contributed by atoms with Crippen LogP contribution in [0.4, 0.5) is 5.69 Å². The van der Waals surface area contributed by atoms with Gasteiger partial charge in [0, 0.05) is 11.6 Å². The van der Waals surface area contributed by atoms with E-state index < -0.39 is 5.56 Å². The highest BCUT2D eigenvalue weighted by molar-refractivity contribution is 5.76. The molecular formula is C16H22N4O3. The lowest BCUT2D eigenvalue weighted by Crippen LogP contribution is -2.38. The maximum absolute atomic E-state index is 12.1. The standard InChI is InChI=1S/C16H22N4O3/c1-5-9(2)18-15(21)8-20-16(22)13(17)7-14(19-20)12-6-10(3)23-11(12)4/h6-7,9H,5,8,17H2,1-4H3,(H,18,21)/t9-/m0/s1. The summed E-state index contributed by atoms with van der Waals surface area (Å²) in [6, 6.07) is 3.37. The summed E-state index contributed by atoms with van der Waals surface area (Å²) in [5, 5.41) is 7.06. The molecule has 23 heavy (non-hydrogen) atoms. The molecule has 2 rings (SSSR count). The number of nitrogens with one attached hydrogen (secondary N) is 1. The lowest BCUT2D eigenvalue weighted by molar-refractivity contribution is -0.122. The molecule has 0 saturated carbocycles. The van der Waals surface area contributed by atoms with Gasteiger partial charge in [0.1, 0.15) is 23.8 Å². The molecule has 0 bridgehead atoms. The Bertz CT molecular complexity index is 776. The number of nitrogens with zero attached hydrogens (tertiary/aromatic N) is 2. The highest BCUT2D eigenvalue weighted by Crippen LogP contribution is 2.24. The molecule has 1 amide bonds. The lowest BCUT2D eigenvalue weighted by Gasteiger charge is -2.12. The van der Waals surface area contributed by atoms with Crippen LogP contribution in [0.5, 0.6) is 0 Å². The fourth-order valence-electron chi connectivity index (χ4n) is 2.24. The summed E-state index contributed by atoms with van der Waals surface area (Å²) in [7, 11) is 0. The first-order chi connectivity index (χ1) is 10.8. The Morgan fingerprint density at radius 1 is 1.43 bits per heavy atom. The molecule has 1 atom stereocenters. The molecule has 7 nitrogen and oxygen atoms in total. The van der Waals surface area contributed by atoms with E-state index in [4.69, 9.17) is 10.2 Å². The largest absolute Gasteiger partial charge is 0.466 e. The molecule has 0 saturated heterocycles. The molecular weight excluding hydrogens is 296 g/mol. The van der Waals surface area contributed by atoms with Gasteiger partial charge in [0.05, 0.1) is 5.69 Å². The van der Waals surface area contributed by atoms with E-state index in [9.17, 15) is 9.59 Å². The minimum atomic E-state index is -0.481.